The highest BCUT2D eigenvalue weighted by Crippen LogP contribution is 2.49. The molecular formula is C132H85N9. The van der Waals surface area contributed by atoms with Gasteiger partial charge in [0.25, 0.3) is 0 Å². The van der Waals surface area contributed by atoms with Crippen molar-refractivity contribution in [2.24, 2.45) is 0 Å². The van der Waals surface area contributed by atoms with E-state index in [4.69, 9.17) is 0 Å². The second-order valence-electron chi connectivity index (χ2n) is 36.9. The number of benzene rings is 22. The predicted octanol–water partition coefficient (Wildman–Crippen LogP) is 34.6. The second-order valence-corrected chi connectivity index (χ2v) is 36.9. The van der Waals surface area contributed by atoms with Gasteiger partial charge in [0.2, 0.25) is 0 Å². The van der Waals surface area contributed by atoms with Crippen LogP contribution < -0.4 is 0 Å². The Kier molecular flexibility index (Phi) is 17.9. The van der Waals surface area contributed by atoms with Crippen molar-refractivity contribution in [2.75, 3.05) is 0 Å². The Hall–Kier alpha value is -19.0. The lowest BCUT2D eigenvalue weighted by atomic mass is 10.0. The summed E-state index contributed by atoms with van der Waals surface area (Å²) in [4.78, 5) is 0. The van der Waals surface area contributed by atoms with E-state index in [2.05, 4.69) is 557 Å². The minimum Gasteiger partial charge on any atom is -0.309 e. The standard InChI is InChI=1S/C48H31N3.2C42H27N3/c1-2-13-32(14-3-1)33-15-12-16-36(31-33)51-44-24-11-7-20-40(44)48-46(51)30-29-45-47(48)39-19-6-10-23-43(39)50(45)35-27-25-34(26-28-35)49-41-21-8-4-17-37(41)38-18-5-9-22-42(38)49;1-2-13-28(14-3-1)43-37-23-10-6-19-33(37)41-39(43)25-26-40-42(41)34-20-7-11-24-38(34)45(40)30-16-12-15-29(27-30)44-35-21-8-4-17-31(35)32-18-5-9-22-36(32)44;1-2-12-28(13-3-1)44-37-20-10-6-16-33(37)41-39(44)26-27-40-42(41)34-17-7-11-21-38(34)45(40)30-24-22-29(23-25-30)43-35-18-8-4-14-31(35)32-15-5-9-19-36(32)43/h1-31H;2*1-27H. The van der Waals surface area contributed by atoms with Crippen molar-refractivity contribution in [3.05, 3.63) is 516 Å². The van der Waals surface area contributed by atoms with E-state index in [0.29, 0.717) is 0 Å². The van der Waals surface area contributed by atoms with Gasteiger partial charge in [-0.2, -0.15) is 0 Å². The van der Waals surface area contributed by atoms with E-state index in [1.807, 2.05) is 0 Å². The maximum atomic E-state index is 2.44. The fourth-order valence-electron chi connectivity index (χ4n) is 23.7. The topological polar surface area (TPSA) is 44.4 Å². The fraction of sp³-hybridized carbons (Fsp3) is 0. The zero-order chi connectivity index (χ0) is 92.4. The zero-order valence-corrected chi connectivity index (χ0v) is 76.6. The van der Waals surface area contributed by atoms with Crippen molar-refractivity contribution in [3.8, 4) is 62.3 Å². The van der Waals surface area contributed by atoms with Crippen molar-refractivity contribution >= 4 is 196 Å². The van der Waals surface area contributed by atoms with Gasteiger partial charge >= 0.3 is 0 Å². The Morgan fingerprint density at radius 1 is 0.0851 bits per heavy atom. The van der Waals surface area contributed by atoms with E-state index in [1.54, 1.807) is 0 Å². The van der Waals surface area contributed by atoms with E-state index in [0.717, 1.165) is 39.8 Å². The van der Waals surface area contributed by atoms with Crippen LogP contribution in [0.1, 0.15) is 0 Å². The Morgan fingerprint density at radius 3 is 0.475 bits per heavy atom. The quantitative estimate of drug-likeness (QED) is 0.131. The van der Waals surface area contributed by atoms with Gasteiger partial charge in [0.15, 0.2) is 0 Å². The molecule has 0 atom stereocenters. The molecule has 0 saturated carbocycles. The molecule has 31 aromatic rings. The maximum Gasteiger partial charge on any atom is 0.0548 e. The molecule has 9 heteroatoms. The molecule has 31 rings (SSSR count). The fourth-order valence-corrected chi connectivity index (χ4v) is 23.7. The summed E-state index contributed by atoms with van der Waals surface area (Å²) < 4.78 is 21.7. The van der Waals surface area contributed by atoms with Gasteiger partial charge in [-0.25, -0.2) is 0 Å². The molecule has 0 aliphatic rings. The molecule has 0 saturated heterocycles. The van der Waals surface area contributed by atoms with Gasteiger partial charge < -0.3 is 41.1 Å². The molecule has 0 N–H and O–H groups in total. The summed E-state index contributed by atoms with van der Waals surface area (Å²) >= 11 is 0. The third kappa shape index (κ3) is 12.1. The maximum absolute atomic E-state index is 2.44. The van der Waals surface area contributed by atoms with E-state index in [1.165, 1.54) is 219 Å². The largest absolute Gasteiger partial charge is 0.309 e. The van der Waals surface area contributed by atoms with Crippen LogP contribution >= 0.6 is 0 Å². The number of nitrogens with zero attached hydrogens (tertiary/aromatic N) is 9. The van der Waals surface area contributed by atoms with Gasteiger partial charge in [-0.3, -0.25) is 0 Å². The minimum absolute atomic E-state index is 1.14. The monoisotopic (exact) mass is 1800 g/mol. The van der Waals surface area contributed by atoms with Crippen molar-refractivity contribution in [1.82, 2.24) is 41.1 Å². The predicted molar refractivity (Wildman–Crippen MR) is 594 cm³/mol. The lowest BCUT2D eigenvalue weighted by molar-refractivity contribution is 1.13. The first-order valence-electron chi connectivity index (χ1n) is 48.5. The van der Waals surface area contributed by atoms with Crippen LogP contribution in [0, 0.1) is 0 Å². The molecule has 9 nitrogen and oxygen atoms in total. The lowest BCUT2D eigenvalue weighted by Crippen LogP contribution is -1.98. The average Bonchev–Trinajstić information content (AvgIpc) is 1.55. The van der Waals surface area contributed by atoms with Crippen LogP contribution in [0.15, 0.2) is 516 Å². The summed E-state index contributed by atoms with van der Waals surface area (Å²) in [6, 6.07) is 187. The molecular weight excluding hydrogens is 1710 g/mol. The molecule has 0 bridgehead atoms. The average molecular weight is 1800 g/mol. The SMILES string of the molecule is c1ccc(-c2cccc(-n3c4ccccc4c4c5c6ccccc6n(-c6ccc(-n7c8ccccc8c8ccccc87)cc6)c5ccc43)c2)cc1.c1ccc(-n2c3ccccc3c3c4c5ccccc5n(-c5ccc(-n6c7ccccc7c7ccccc76)cc5)c4ccc32)cc1.c1ccc(-n2c3ccccc3c3c4c5ccccc5n(-c5cccc(-n6c7ccccc7c7ccccc76)c5)c4ccc32)cc1. The van der Waals surface area contributed by atoms with Crippen LogP contribution in [0.2, 0.25) is 0 Å². The number of para-hydroxylation sites is 14. The van der Waals surface area contributed by atoms with Crippen LogP contribution in [0.4, 0.5) is 0 Å². The summed E-state index contributed by atoms with van der Waals surface area (Å²) in [6.07, 6.45) is 0. The van der Waals surface area contributed by atoms with Crippen LogP contribution in [-0.4, -0.2) is 41.1 Å². The highest BCUT2D eigenvalue weighted by atomic mass is 15.1. The number of aromatic nitrogens is 9. The van der Waals surface area contributed by atoms with E-state index < -0.39 is 0 Å². The Balaban J connectivity index is 0.000000102. The lowest BCUT2D eigenvalue weighted by Gasteiger charge is -2.13. The number of fused-ring (bicyclic) bond motifs is 30. The van der Waals surface area contributed by atoms with Crippen molar-refractivity contribution in [2.45, 2.75) is 0 Å². The number of rotatable bonds is 10. The Labute approximate surface area is 809 Å². The van der Waals surface area contributed by atoms with Gasteiger partial charge in [0, 0.05) is 148 Å². The van der Waals surface area contributed by atoms with E-state index in [-0.39, 0.29) is 0 Å². The van der Waals surface area contributed by atoms with Gasteiger partial charge in [-0.15, -0.1) is 0 Å². The third-order valence-electron chi connectivity index (χ3n) is 29.5. The highest BCUT2D eigenvalue weighted by Gasteiger charge is 2.27. The van der Waals surface area contributed by atoms with Gasteiger partial charge in [0.05, 0.1) is 99.3 Å². The van der Waals surface area contributed by atoms with Gasteiger partial charge in [-0.05, 0) is 223 Å². The van der Waals surface area contributed by atoms with E-state index >= 15 is 0 Å². The molecule has 9 aromatic heterocycles. The normalized spacial score (nSPS) is 12.0. The first kappa shape index (κ1) is 79.4. The van der Waals surface area contributed by atoms with Crippen molar-refractivity contribution < 1.29 is 0 Å². The molecule has 0 fully saturated rings. The molecule has 0 aliphatic carbocycles. The van der Waals surface area contributed by atoms with Crippen LogP contribution in [0.5, 0.6) is 0 Å². The molecule has 22 aromatic carbocycles. The smallest absolute Gasteiger partial charge is 0.0548 e. The van der Waals surface area contributed by atoms with Crippen LogP contribution in [-0.2, 0) is 0 Å². The zero-order valence-electron chi connectivity index (χ0n) is 76.6. The third-order valence-corrected chi connectivity index (χ3v) is 29.5. The molecule has 141 heavy (non-hydrogen) atoms. The first-order chi connectivity index (χ1) is 70.1. The van der Waals surface area contributed by atoms with Crippen molar-refractivity contribution in [1.29, 1.82) is 0 Å². The Bertz CT molecular complexity index is 10400. The molecule has 0 unspecified atom stereocenters. The Morgan fingerprint density at radius 2 is 0.234 bits per heavy atom. The number of hydrogen-bond acceptors (Lipinski definition) is 0. The van der Waals surface area contributed by atoms with Crippen LogP contribution in [0.25, 0.3) is 259 Å². The van der Waals surface area contributed by atoms with Crippen molar-refractivity contribution in [3.63, 3.8) is 0 Å². The first-order valence-corrected chi connectivity index (χ1v) is 48.5. The van der Waals surface area contributed by atoms with Gasteiger partial charge in [-0.1, -0.05) is 303 Å². The summed E-state index contributed by atoms with van der Waals surface area (Å²) in [5.41, 5.74) is 34.7. The molecule has 9 heterocycles. The number of hydrogen-bond donors (Lipinski definition) is 0. The highest BCUT2D eigenvalue weighted by molar-refractivity contribution is 6.32. The molecule has 0 aliphatic heterocycles. The molecule has 0 spiro atoms. The second kappa shape index (κ2) is 31.8. The summed E-state index contributed by atoms with van der Waals surface area (Å²) in [6.45, 7) is 0. The van der Waals surface area contributed by atoms with E-state index in [9.17, 15) is 0 Å². The minimum atomic E-state index is 1.14. The molecule has 0 radical (unpaired) electrons. The molecule has 658 valence electrons. The summed E-state index contributed by atoms with van der Waals surface area (Å²) in [5.74, 6) is 0. The molecule has 0 amide bonds. The van der Waals surface area contributed by atoms with Gasteiger partial charge in [0.1, 0.15) is 0 Å². The summed E-state index contributed by atoms with van der Waals surface area (Å²) in [5, 5.41) is 22.9. The summed E-state index contributed by atoms with van der Waals surface area (Å²) in [7, 11) is 0. The van der Waals surface area contributed by atoms with Crippen LogP contribution in [0.3, 0.4) is 0 Å².